The molecular weight excluding hydrogens is 306 g/mol. The van der Waals surface area contributed by atoms with Crippen molar-refractivity contribution in [2.24, 2.45) is 5.73 Å². The van der Waals surface area contributed by atoms with Gasteiger partial charge >= 0.3 is 0 Å². The molecule has 3 N–H and O–H groups in total. The van der Waals surface area contributed by atoms with E-state index in [-0.39, 0.29) is 5.91 Å². The van der Waals surface area contributed by atoms with Gasteiger partial charge in [0, 0.05) is 32.1 Å². The molecule has 1 amide bonds. The molecule has 0 saturated heterocycles. The third kappa shape index (κ3) is 6.60. The quantitative estimate of drug-likeness (QED) is 0.667. The highest BCUT2D eigenvalue weighted by molar-refractivity contribution is 5.82. The summed E-state index contributed by atoms with van der Waals surface area (Å²) < 4.78 is 0. The number of nitrogens with two attached hydrogens (primary N) is 1. The SMILES string of the molecule is CC.CNC(=O)C(CCC=O)N(C)Cc1cc(CN)ccc1C=O. The van der Waals surface area contributed by atoms with Crippen molar-refractivity contribution in [3.8, 4) is 0 Å². The van der Waals surface area contributed by atoms with Gasteiger partial charge in [0.05, 0.1) is 6.04 Å². The molecule has 0 radical (unpaired) electrons. The molecule has 0 spiro atoms. The number of rotatable bonds is 9. The maximum atomic E-state index is 12.0. The average Bonchev–Trinajstić information content (AvgIpc) is 2.63. The lowest BCUT2D eigenvalue weighted by Crippen LogP contribution is -2.43. The molecule has 0 aliphatic carbocycles. The molecule has 0 bridgehead atoms. The van der Waals surface area contributed by atoms with Gasteiger partial charge in [-0.25, -0.2) is 0 Å². The number of carbonyl (C=O) groups is 3. The van der Waals surface area contributed by atoms with Gasteiger partial charge in [0.2, 0.25) is 5.91 Å². The molecular formula is C18H29N3O3. The van der Waals surface area contributed by atoms with E-state index < -0.39 is 6.04 Å². The number of amides is 1. The summed E-state index contributed by atoms with van der Waals surface area (Å²) in [5, 5.41) is 2.61. The second kappa shape index (κ2) is 12.4. The predicted octanol–water partition coefficient (Wildman–Crippen LogP) is 1.51. The van der Waals surface area contributed by atoms with Gasteiger partial charge in [-0.05, 0) is 24.6 Å². The molecule has 0 saturated carbocycles. The van der Waals surface area contributed by atoms with Crippen LogP contribution < -0.4 is 11.1 Å². The fraction of sp³-hybridized carbons (Fsp3) is 0.500. The first-order chi connectivity index (χ1) is 11.6. The van der Waals surface area contributed by atoms with Crippen molar-refractivity contribution in [3.63, 3.8) is 0 Å². The van der Waals surface area contributed by atoms with E-state index in [0.29, 0.717) is 31.5 Å². The minimum atomic E-state index is -0.420. The predicted molar refractivity (Wildman–Crippen MR) is 95.7 cm³/mol. The highest BCUT2D eigenvalue weighted by Crippen LogP contribution is 2.15. The van der Waals surface area contributed by atoms with Crippen molar-refractivity contribution < 1.29 is 14.4 Å². The third-order valence-electron chi connectivity index (χ3n) is 3.63. The van der Waals surface area contributed by atoms with Crippen LogP contribution in [0.1, 0.15) is 48.2 Å². The monoisotopic (exact) mass is 335 g/mol. The number of likely N-dealkylation sites (N-methyl/N-ethyl adjacent to an activating group) is 2. The molecule has 1 aromatic carbocycles. The fourth-order valence-corrected chi connectivity index (χ4v) is 2.36. The lowest BCUT2D eigenvalue weighted by atomic mass is 10.0. The molecule has 0 heterocycles. The van der Waals surface area contributed by atoms with Crippen LogP contribution in [0.3, 0.4) is 0 Å². The molecule has 6 nitrogen and oxygen atoms in total. The Hall–Kier alpha value is -2.05. The number of carbonyl (C=O) groups excluding carboxylic acids is 3. The van der Waals surface area contributed by atoms with Crippen LogP contribution in [0.5, 0.6) is 0 Å². The molecule has 24 heavy (non-hydrogen) atoms. The largest absolute Gasteiger partial charge is 0.358 e. The Morgan fingerprint density at radius 1 is 1.33 bits per heavy atom. The zero-order valence-electron chi connectivity index (χ0n) is 15.0. The Kier molecular flexibility index (Phi) is 11.3. The molecule has 1 rings (SSSR count). The van der Waals surface area contributed by atoms with E-state index in [1.165, 1.54) is 0 Å². The van der Waals surface area contributed by atoms with E-state index in [1.807, 2.05) is 30.9 Å². The van der Waals surface area contributed by atoms with Gasteiger partial charge < -0.3 is 15.8 Å². The Morgan fingerprint density at radius 3 is 2.50 bits per heavy atom. The third-order valence-corrected chi connectivity index (χ3v) is 3.63. The average molecular weight is 335 g/mol. The van der Waals surface area contributed by atoms with Crippen LogP contribution in [0, 0.1) is 0 Å². The van der Waals surface area contributed by atoms with E-state index in [9.17, 15) is 14.4 Å². The van der Waals surface area contributed by atoms with Gasteiger partial charge in [0.25, 0.3) is 0 Å². The fourth-order valence-electron chi connectivity index (χ4n) is 2.36. The second-order valence-corrected chi connectivity index (χ2v) is 5.14. The minimum Gasteiger partial charge on any atom is -0.358 e. The first kappa shape index (κ1) is 21.9. The van der Waals surface area contributed by atoms with Crippen molar-refractivity contribution in [2.75, 3.05) is 14.1 Å². The van der Waals surface area contributed by atoms with Crippen molar-refractivity contribution in [2.45, 2.75) is 45.8 Å². The summed E-state index contributed by atoms with van der Waals surface area (Å²) in [6.07, 6.45) is 2.35. The summed E-state index contributed by atoms with van der Waals surface area (Å²) in [5.41, 5.74) is 7.96. The molecule has 1 unspecified atom stereocenters. The minimum absolute atomic E-state index is 0.146. The highest BCUT2D eigenvalue weighted by atomic mass is 16.2. The molecule has 1 aromatic rings. The molecule has 0 aliphatic rings. The lowest BCUT2D eigenvalue weighted by molar-refractivity contribution is -0.126. The Balaban J connectivity index is 0.00000254. The maximum Gasteiger partial charge on any atom is 0.237 e. The Morgan fingerprint density at radius 2 is 2.00 bits per heavy atom. The summed E-state index contributed by atoms with van der Waals surface area (Å²) in [4.78, 5) is 35.5. The first-order valence-electron chi connectivity index (χ1n) is 8.19. The molecule has 134 valence electrons. The number of hydrogen-bond donors (Lipinski definition) is 2. The van der Waals surface area contributed by atoms with Crippen molar-refractivity contribution in [1.82, 2.24) is 10.2 Å². The standard InChI is InChI=1S/C16H23N3O3.C2H6/c1-18-16(22)15(4-3-7-20)19(2)10-14-8-12(9-17)5-6-13(14)11-21;1-2/h5-8,11,15H,3-4,9-10,17H2,1-2H3,(H,18,22);1-2H3. The number of benzene rings is 1. The van der Waals surface area contributed by atoms with Crippen LogP contribution in [0.25, 0.3) is 0 Å². The lowest BCUT2D eigenvalue weighted by Gasteiger charge is -2.26. The van der Waals surface area contributed by atoms with Crippen LogP contribution in [-0.2, 0) is 22.7 Å². The molecule has 0 fully saturated rings. The van der Waals surface area contributed by atoms with Crippen LogP contribution in [0.4, 0.5) is 0 Å². The number of nitrogens with one attached hydrogen (secondary N) is 1. The van der Waals surface area contributed by atoms with Gasteiger partial charge in [-0.3, -0.25) is 14.5 Å². The topological polar surface area (TPSA) is 92.5 Å². The van der Waals surface area contributed by atoms with Crippen LogP contribution in [0.2, 0.25) is 0 Å². The van der Waals surface area contributed by atoms with Crippen LogP contribution >= 0.6 is 0 Å². The van der Waals surface area contributed by atoms with E-state index in [1.54, 1.807) is 20.2 Å². The van der Waals surface area contributed by atoms with Gasteiger partial charge in [0.1, 0.15) is 12.6 Å². The second-order valence-electron chi connectivity index (χ2n) is 5.14. The van der Waals surface area contributed by atoms with Gasteiger partial charge in [-0.2, -0.15) is 0 Å². The summed E-state index contributed by atoms with van der Waals surface area (Å²) in [7, 11) is 3.37. The van der Waals surface area contributed by atoms with Gasteiger partial charge in [0.15, 0.2) is 0 Å². The van der Waals surface area contributed by atoms with Crippen molar-refractivity contribution in [3.05, 3.63) is 34.9 Å². The smallest absolute Gasteiger partial charge is 0.237 e. The van der Waals surface area contributed by atoms with Crippen molar-refractivity contribution >= 4 is 18.5 Å². The van der Waals surface area contributed by atoms with E-state index >= 15 is 0 Å². The number of nitrogens with zero attached hydrogens (tertiary/aromatic N) is 1. The van der Waals surface area contributed by atoms with Gasteiger partial charge in [-0.15, -0.1) is 0 Å². The summed E-state index contributed by atoms with van der Waals surface area (Å²) in [6, 6.07) is 5.01. The van der Waals surface area contributed by atoms with Crippen molar-refractivity contribution in [1.29, 1.82) is 0 Å². The Labute approximate surface area is 144 Å². The first-order valence-corrected chi connectivity index (χ1v) is 8.19. The molecule has 1 atom stereocenters. The van der Waals surface area contributed by atoms with E-state index in [0.717, 1.165) is 23.7 Å². The van der Waals surface area contributed by atoms with Crippen LogP contribution in [-0.4, -0.2) is 43.5 Å². The Bertz CT molecular complexity index is 532. The molecule has 0 aromatic heterocycles. The van der Waals surface area contributed by atoms with E-state index in [4.69, 9.17) is 5.73 Å². The zero-order chi connectivity index (χ0) is 18.5. The molecule has 6 heteroatoms. The highest BCUT2D eigenvalue weighted by Gasteiger charge is 2.22. The molecule has 0 aliphatic heterocycles. The maximum absolute atomic E-state index is 12.0. The van der Waals surface area contributed by atoms with Gasteiger partial charge in [-0.1, -0.05) is 32.0 Å². The van der Waals surface area contributed by atoms with E-state index in [2.05, 4.69) is 5.32 Å². The summed E-state index contributed by atoms with van der Waals surface area (Å²) >= 11 is 0. The zero-order valence-corrected chi connectivity index (χ0v) is 15.0. The normalized spacial score (nSPS) is 11.2. The number of hydrogen-bond acceptors (Lipinski definition) is 5. The summed E-state index contributed by atoms with van der Waals surface area (Å²) in [5.74, 6) is -0.146. The number of aldehydes is 2. The summed E-state index contributed by atoms with van der Waals surface area (Å²) in [6.45, 7) is 4.82. The van der Waals surface area contributed by atoms with Crippen LogP contribution in [0.15, 0.2) is 18.2 Å².